The Morgan fingerprint density at radius 3 is 1.50 bits per heavy atom. The minimum Gasteiger partial charge on any atom is -0.167 e. The van der Waals surface area contributed by atoms with Crippen LogP contribution < -0.4 is 0 Å². The summed E-state index contributed by atoms with van der Waals surface area (Å²) in [4.78, 5) is 0. The van der Waals surface area contributed by atoms with Crippen LogP contribution in [0.15, 0.2) is 32.2 Å². The molecule has 0 unspecified atom stereocenters. The van der Waals surface area contributed by atoms with Crippen LogP contribution in [0.25, 0.3) is 0 Å². The Morgan fingerprint density at radius 1 is 1.00 bits per heavy atom. The molecule has 0 aliphatic rings. The lowest BCUT2D eigenvalue weighted by Crippen LogP contribution is -1.99. The smallest absolute Gasteiger partial charge is 0.167 e. The maximum atomic E-state index is 11.0. The summed E-state index contributed by atoms with van der Waals surface area (Å²) in [6.07, 6.45) is -1.75. The molecule has 0 aliphatic heterocycles. The molecule has 0 bridgehead atoms. The van der Waals surface area contributed by atoms with Crippen molar-refractivity contribution in [2.24, 2.45) is 0 Å². The minimum absolute atomic E-state index is 0.0128. The van der Waals surface area contributed by atoms with Gasteiger partial charge in [0.1, 0.15) is 8.98 Å². The van der Waals surface area contributed by atoms with Gasteiger partial charge in [-0.15, -0.1) is 0 Å². The maximum Gasteiger partial charge on any atom is 0.409 e. The molecule has 94 valence electrons. The van der Waals surface area contributed by atoms with Crippen LogP contribution in [-0.2, 0) is 0 Å². The van der Waals surface area contributed by atoms with Crippen LogP contribution in [0.5, 0.6) is 0 Å². The summed E-state index contributed by atoms with van der Waals surface area (Å²) in [5, 5.41) is 0.123. The quantitative estimate of drug-likeness (QED) is 0.388. The molecular weight excluding hydrogens is 330 g/mol. The first-order valence-corrected chi connectivity index (χ1v) is 5.43. The summed E-state index contributed by atoms with van der Waals surface area (Å²) in [6, 6.07) is 0. The van der Waals surface area contributed by atoms with Crippen molar-refractivity contribution in [2.45, 2.75) is 13.1 Å². The Bertz CT molecular complexity index is 283. The third kappa shape index (κ3) is 16.9. The zero-order valence-electron chi connectivity index (χ0n) is 7.76. The molecule has 0 spiro atoms. The highest BCUT2D eigenvalue weighted by Crippen LogP contribution is 2.22. The normalized spacial score (nSPS) is 10.6. The summed E-state index contributed by atoms with van der Waals surface area (Å²) in [6.45, 7) is 1.33. The van der Waals surface area contributed by atoms with Gasteiger partial charge in [0.2, 0.25) is 0 Å². The standard InChI is InChI=1S/C4HCl5.C4H5F3/c5-2(4(8)9)1-3(6)7;1-2-3-4(5,6)7/h1H;2-3H,1H3/b;3-2+. The fourth-order valence-corrected chi connectivity index (χ4v) is 0.887. The number of alkyl halides is 3. The van der Waals surface area contributed by atoms with E-state index < -0.39 is 6.18 Å². The minimum atomic E-state index is -4.13. The molecule has 0 nitrogen and oxygen atoms in total. The lowest BCUT2D eigenvalue weighted by atomic mass is 10.5. The van der Waals surface area contributed by atoms with Crippen LogP contribution in [0.1, 0.15) is 6.92 Å². The van der Waals surface area contributed by atoms with Gasteiger partial charge < -0.3 is 0 Å². The second-order valence-electron chi connectivity index (χ2n) is 2.08. The molecule has 0 atom stereocenters. The number of hydrogen-bond acceptors (Lipinski definition) is 0. The molecule has 0 aliphatic carbocycles. The van der Waals surface area contributed by atoms with Gasteiger partial charge >= 0.3 is 6.18 Å². The first-order valence-electron chi connectivity index (χ1n) is 3.54. The van der Waals surface area contributed by atoms with E-state index in [2.05, 4.69) is 0 Å². The highest BCUT2D eigenvalue weighted by Gasteiger charge is 2.20. The third-order valence-corrected chi connectivity index (χ3v) is 1.89. The summed E-state index contributed by atoms with van der Waals surface area (Å²) in [5.41, 5.74) is 0. The molecule has 0 heterocycles. The van der Waals surface area contributed by atoms with Crippen LogP contribution >= 0.6 is 58.0 Å². The van der Waals surface area contributed by atoms with Crippen molar-refractivity contribution >= 4 is 58.0 Å². The van der Waals surface area contributed by atoms with E-state index in [-0.39, 0.29) is 20.1 Å². The van der Waals surface area contributed by atoms with Crippen molar-refractivity contribution in [3.8, 4) is 0 Å². The van der Waals surface area contributed by atoms with Crippen LogP contribution in [0.2, 0.25) is 0 Å². The number of rotatable bonds is 1. The van der Waals surface area contributed by atoms with Crippen molar-refractivity contribution in [3.63, 3.8) is 0 Å². The van der Waals surface area contributed by atoms with E-state index in [1.807, 2.05) is 0 Å². The fraction of sp³-hybridized carbons (Fsp3) is 0.250. The van der Waals surface area contributed by atoms with Gasteiger partial charge in [-0.25, -0.2) is 0 Å². The van der Waals surface area contributed by atoms with Crippen LogP contribution in [-0.4, -0.2) is 6.18 Å². The Balaban J connectivity index is 0. The van der Waals surface area contributed by atoms with Gasteiger partial charge in [-0.2, -0.15) is 13.2 Å². The van der Waals surface area contributed by atoms with E-state index in [0.29, 0.717) is 0 Å². The zero-order chi connectivity index (χ0) is 13.4. The Labute approximate surface area is 116 Å². The third-order valence-electron chi connectivity index (χ3n) is 0.772. The summed E-state index contributed by atoms with van der Waals surface area (Å²) in [7, 11) is 0. The highest BCUT2D eigenvalue weighted by atomic mass is 35.5. The molecular formula is C8H6Cl5F3. The Morgan fingerprint density at radius 2 is 1.44 bits per heavy atom. The van der Waals surface area contributed by atoms with Gasteiger partial charge in [0, 0.05) is 6.08 Å². The second-order valence-corrected chi connectivity index (χ2v) is 4.45. The molecule has 0 aromatic rings. The number of halogens is 8. The predicted molar refractivity (Wildman–Crippen MR) is 65.2 cm³/mol. The van der Waals surface area contributed by atoms with E-state index in [0.717, 1.165) is 6.08 Å². The lowest BCUT2D eigenvalue weighted by Gasteiger charge is -1.93. The Kier molecular flexibility index (Phi) is 11.2. The molecule has 8 heteroatoms. The average molecular weight is 336 g/mol. The SMILES string of the molecule is C/C=C/C(F)(F)F.ClC(Cl)=CC(Cl)=C(Cl)Cl. The van der Waals surface area contributed by atoms with Crippen LogP contribution in [0.4, 0.5) is 13.2 Å². The van der Waals surface area contributed by atoms with Gasteiger partial charge in [0.05, 0.1) is 5.03 Å². The fourth-order valence-electron chi connectivity index (χ4n) is 0.339. The van der Waals surface area contributed by atoms with Gasteiger partial charge in [-0.05, 0) is 13.0 Å². The van der Waals surface area contributed by atoms with Crippen molar-refractivity contribution in [1.82, 2.24) is 0 Å². The zero-order valence-corrected chi connectivity index (χ0v) is 11.5. The molecule has 0 saturated heterocycles. The van der Waals surface area contributed by atoms with Crippen LogP contribution in [0, 0.1) is 0 Å². The highest BCUT2D eigenvalue weighted by molar-refractivity contribution is 6.61. The maximum absolute atomic E-state index is 11.0. The largest absolute Gasteiger partial charge is 0.409 e. The topological polar surface area (TPSA) is 0 Å². The van der Waals surface area contributed by atoms with E-state index in [1.54, 1.807) is 0 Å². The van der Waals surface area contributed by atoms with Crippen molar-refractivity contribution < 1.29 is 13.2 Å². The Hall–Kier alpha value is 0.460. The average Bonchev–Trinajstić information content (AvgIpc) is 2.01. The molecule has 0 radical (unpaired) electrons. The molecule has 0 aromatic carbocycles. The van der Waals surface area contributed by atoms with Crippen molar-refractivity contribution in [3.05, 3.63) is 32.2 Å². The molecule has 0 fully saturated rings. The molecule has 0 saturated carbocycles. The summed E-state index contributed by atoms with van der Waals surface area (Å²) >= 11 is 26.2. The van der Waals surface area contributed by atoms with Gasteiger partial charge in [0.25, 0.3) is 0 Å². The molecule has 0 rings (SSSR count). The molecule has 0 amide bonds. The van der Waals surface area contributed by atoms with Crippen LogP contribution in [0.3, 0.4) is 0 Å². The molecule has 0 N–H and O–H groups in total. The van der Waals surface area contributed by atoms with Crippen molar-refractivity contribution in [1.29, 1.82) is 0 Å². The molecule has 16 heavy (non-hydrogen) atoms. The van der Waals surface area contributed by atoms with Gasteiger partial charge in [0.15, 0.2) is 0 Å². The van der Waals surface area contributed by atoms with Crippen molar-refractivity contribution in [2.75, 3.05) is 0 Å². The first kappa shape index (κ1) is 18.8. The molecule has 0 aromatic heterocycles. The van der Waals surface area contributed by atoms with Gasteiger partial charge in [-0.1, -0.05) is 64.1 Å². The van der Waals surface area contributed by atoms with E-state index in [1.165, 1.54) is 13.0 Å². The first-order chi connectivity index (χ1) is 7.10. The predicted octanol–water partition coefficient (Wildman–Crippen LogP) is 6.32. The monoisotopic (exact) mass is 334 g/mol. The lowest BCUT2D eigenvalue weighted by molar-refractivity contribution is -0.0799. The summed E-state index contributed by atoms with van der Waals surface area (Å²) < 4.78 is 32.9. The van der Waals surface area contributed by atoms with E-state index in [4.69, 9.17) is 58.0 Å². The van der Waals surface area contributed by atoms with E-state index in [9.17, 15) is 13.2 Å². The number of hydrogen-bond donors (Lipinski definition) is 0. The number of allylic oxidation sites excluding steroid dienone is 4. The van der Waals surface area contributed by atoms with Gasteiger partial charge in [-0.3, -0.25) is 0 Å². The summed E-state index contributed by atoms with van der Waals surface area (Å²) in [5.74, 6) is 0. The second kappa shape index (κ2) is 9.49. The van der Waals surface area contributed by atoms with E-state index >= 15 is 0 Å².